The lowest BCUT2D eigenvalue weighted by atomic mass is 10.1. The van der Waals surface area contributed by atoms with Crippen LogP contribution in [0, 0.1) is 25.2 Å². The maximum absolute atomic E-state index is 12.7. The molecule has 2 N–H and O–H groups in total. The number of sulfonamides is 1. The molecule has 3 aromatic rings. The first-order valence-electron chi connectivity index (χ1n) is 10.8. The number of amides is 1. The van der Waals surface area contributed by atoms with E-state index in [-0.39, 0.29) is 16.4 Å². The Labute approximate surface area is 204 Å². The highest BCUT2D eigenvalue weighted by Crippen LogP contribution is 2.22. The summed E-state index contributed by atoms with van der Waals surface area (Å²) in [6, 6.07) is 16.3. The molecule has 0 radical (unpaired) electrons. The van der Waals surface area contributed by atoms with Gasteiger partial charge in [0.1, 0.15) is 17.4 Å². The topological polar surface area (TPSA) is 134 Å². The lowest BCUT2D eigenvalue weighted by Crippen LogP contribution is -2.16. The molecule has 0 fully saturated rings. The number of nitriles is 1. The summed E-state index contributed by atoms with van der Waals surface area (Å²) < 4.78 is 33.4. The molecule has 3 rings (SSSR count). The van der Waals surface area contributed by atoms with Crippen molar-refractivity contribution in [2.24, 2.45) is 0 Å². The quantitative estimate of drug-likeness (QED) is 0.338. The number of carbonyl (C=O) groups excluding carboxylic acids is 1. The van der Waals surface area contributed by atoms with Crippen LogP contribution in [0.5, 0.6) is 5.75 Å². The second-order valence-electron chi connectivity index (χ2n) is 7.61. The first-order valence-corrected chi connectivity index (χ1v) is 12.3. The molecule has 0 spiro atoms. The predicted octanol–water partition coefficient (Wildman–Crippen LogP) is 4.23. The summed E-state index contributed by atoms with van der Waals surface area (Å²) in [6.45, 7) is 5.98. The summed E-state index contributed by atoms with van der Waals surface area (Å²) in [6.07, 6.45) is 2.27. The largest absolute Gasteiger partial charge is 0.493 e. The van der Waals surface area contributed by atoms with Crippen LogP contribution in [0.3, 0.4) is 0 Å². The van der Waals surface area contributed by atoms with Crippen molar-refractivity contribution in [1.29, 1.82) is 5.26 Å². The van der Waals surface area contributed by atoms with Gasteiger partial charge in [-0.15, -0.1) is 0 Å². The molecule has 1 amide bonds. The molecule has 0 atom stereocenters. The molecule has 180 valence electrons. The van der Waals surface area contributed by atoms with Gasteiger partial charge < -0.3 is 10.1 Å². The fourth-order valence-corrected chi connectivity index (χ4v) is 4.06. The fraction of sp³-hybridized carbons (Fsp3) is 0.200. The number of aryl methyl sites for hydroxylation is 2. The Balaban J connectivity index is 1.75. The van der Waals surface area contributed by atoms with E-state index in [1.807, 2.05) is 19.1 Å². The highest BCUT2D eigenvalue weighted by atomic mass is 32.2. The van der Waals surface area contributed by atoms with Crippen molar-refractivity contribution >= 4 is 33.6 Å². The van der Waals surface area contributed by atoms with Gasteiger partial charge in [-0.05, 0) is 62.7 Å². The number of hydrogen-bond acceptors (Lipinski definition) is 7. The summed E-state index contributed by atoms with van der Waals surface area (Å²) in [5.41, 5.74) is 2.08. The summed E-state index contributed by atoms with van der Waals surface area (Å²) in [7, 11) is -3.93. The molecule has 10 heteroatoms. The minimum Gasteiger partial charge on any atom is -0.493 e. The van der Waals surface area contributed by atoms with Crippen LogP contribution in [0.15, 0.2) is 65.1 Å². The highest BCUT2D eigenvalue weighted by Gasteiger charge is 2.17. The van der Waals surface area contributed by atoms with Crippen molar-refractivity contribution < 1.29 is 17.9 Å². The third-order valence-corrected chi connectivity index (χ3v) is 6.02. The van der Waals surface area contributed by atoms with Crippen LogP contribution in [0.2, 0.25) is 0 Å². The standard InChI is InChI=1S/C25H25N5O4S/c1-4-13-34-23-8-6-5-7-19(23)15-20(16-26)24(31)29-21-9-11-22(12-10-21)35(32,33)30-25-27-17(2)14-18(3)28-25/h5-12,14-15H,4,13H2,1-3H3,(H,29,31)(H,27,28,30)/b20-15+. The van der Waals surface area contributed by atoms with Gasteiger partial charge >= 0.3 is 0 Å². The van der Waals surface area contributed by atoms with Gasteiger partial charge in [-0.25, -0.2) is 23.1 Å². The van der Waals surface area contributed by atoms with E-state index in [0.29, 0.717) is 35.0 Å². The Morgan fingerprint density at radius 3 is 2.37 bits per heavy atom. The molecule has 0 saturated heterocycles. The molecular weight excluding hydrogens is 466 g/mol. The van der Waals surface area contributed by atoms with E-state index in [1.165, 1.54) is 30.3 Å². The number of para-hydroxylation sites is 1. The Bertz CT molecular complexity index is 1370. The van der Waals surface area contributed by atoms with E-state index in [0.717, 1.165) is 6.42 Å². The van der Waals surface area contributed by atoms with Crippen molar-refractivity contribution in [3.05, 3.63) is 77.1 Å². The molecular formula is C25H25N5O4S. The minimum atomic E-state index is -3.93. The molecule has 1 aromatic heterocycles. The molecule has 2 aromatic carbocycles. The zero-order chi connectivity index (χ0) is 25.4. The van der Waals surface area contributed by atoms with Gasteiger partial charge in [-0.1, -0.05) is 25.1 Å². The number of nitrogens with zero attached hydrogens (tertiary/aromatic N) is 3. The summed E-state index contributed by atoms with van der Waals surface area (Å²) in [5, 5.41) is 12.1. The summed E-state index contributed by atoms with van der Waals surface area (Å²) >= 11 is 0. The third-order valence-electron chi connectivity index (χ3n) is 4.68. The number of ether oxygens (including phenoxy) is 1. The second-order valence-corrected chi connectivity index (χ2v) is 9.30. The van der Waals surface area contributed by atoms with Gasteiger partial charge in [-0.2, -0.15) is 5.26 Å². The SMILES string of the molecule is CCCOc1ccccc1/C=C(\C#N)C(=O)Nc1ccc(S(=O)(=O)Nc2nc(C)cc(C)n2)cc1. The molecule has 1 heterocycles. The van der Waals surface area contributed by atoms with E-state index in [9.17, 15) is 18.5 Å². The van der Waals surface area contributed by atoms with E-state index in [2.05, 4.69) is 20.0 Å². The molecule has 9 nitrogen and oxygen atoms in total. The molecule has 0 aliphatic rings. The molecule has 0 aliphatic carbocycles. The number of nitrogens with one attached hydrogen (secondary N) is 2. The van der Waals surface area contributed by atoms with Crippen LogP contribution < -0.4 is 14.8 Å². The zero-order valence-corrected chi connectivity index (χ0v) is 20.4. The normalized spacial score (nSPS) is 11.4. The number of hydrogen-bond donors (Lipinski definition) is 2. The smallest absolute Gasteiger partial charge is 0.266 e. The van der Waals surface area contributed by atoms with E-state index in [1.54, 1.807) is 38.1 Å². The average Bonchev–Trinajstić information content (AvgIpc) is 2.81. The van der Waals surface area contributed by atoms with Crippen LogP contribution in [0.1, 0.15) is 30.3 Å². The number of anilines is 2. The van der Waals surface area contributed by atoms with Gasteiger partial charge in [0.2, 0.25) is 5.95 Å². The second kappa shape index (κ2) is 11.3. The first kappa shape index (κ1) is 25.4. The maximum atomic E-state index is 12.7. The van der Waals surface area contributed by atoms with Gasteiger partial charge in [-0.3, -0.25) is 4.79 Å². The van der Waals surface area contributed by atoms with E-state index >= 15 is 0 Å². The third kappa shape index (κ3) is 6.88. The summed E-state index contributed by atoms with van der Waals surface area (Å²) in [4.78, 5) is 20.8. The highest BCUT2D eigenvalue weighted by molar-refractivity contribution is 7.92. The van der Waals surface area contributed by atoms with E-state index < -0.39 is 15.9 Å². The van der Waals surface area contributed by atoms with Gasteiger partial charge in [0.05, 0.1) is 11.5 Å². The van der Waals surface area contributed by atoms with Gasteiger partial charge in [0.25, 0.3) is 15.9 Å². The first-order chi connectivity index (χ1) is 16.7. The Kier molecular flexibility index (Phi) is 8.17. The Morgan fingerprint density at radius 1 is 1.09 bits per heavy atom. The van der Waals surface area contributed by atoms with Crippen molar-refractivity contribution in [2.75, 3.05) is 16.6 Å². The average molecular weight is 492 g/mol. The maximum Gasteiger partial charge on any atom is 0.266 e. The van der Waals surface area contributed by atoms with Crippen molar-refractivity contribution in [3.8, 4) is 11.8 Å². The lowest BCUT2D eigenvalue weighted by Gasteiger charge is -2.10. The number of aromatic nitrogens is 2. The monoisotopic (exact) mass is 491 g/mol. The number of benzene rings is 2. The molecule has 0 aliphatic heterocycles. The Morgan fingerprint density at radius 2 is 1.74 bits per heavy atom. The Hall–Kier alpha value is -4.23. The van der Waals surface area contributed by atoms with Gasteiger partial charge in [0, 0.05) is 22.6 Å². The van der Waals surface area contributed by atoms with Crippen LogP contribution in [-0.4, -0.2) is 30.9 Å². The van der Waals surface area contributed by atoms with Crippen molar-refractivity contribution in [2.45, 2.75) is 32.1 Å². The van der Waals surface area contributed by atoms with Crippen molar-refractivity contribution in [3.63, 3.8) is 0 Å². The lowest BCUT2D eigenvalue weighted by molar-refractivity contribution is -0.112. The van der Waals surface area contributed by atoms with Crippen LogP contribution in [0.4, 0.5) is 11.6 Å². The van der Waals surface area contributed by atoms with Crippen LogP contribution >= 0.6 is 0 Å². The van der Waals surface area contributed by atoms with Crippen LogP contribution in [-0.2, 0) is 14.8 Å². The van der Waals surface area contributed by atoms with Crippen molar-refractivity contribution in [1.82, 2.24) is 9.97 Å². The van der Waals surface area contributed by atoms with E-state index in [4.69, 9.17) is 4.74 Å². The molecule has 0 saturated carbocycles. The number of carbonyl (C=O) groups is 1. The van der Waals surface area contributed by atoms with Gasteiger partial charge in [0.15, 0.2) is 0 Å². The molecule has 0 bridgehead atoms. The summed E-state index contributed by atoms with van der Waals surface area (Å²) in [5.74, 6) is -0.0771. The van der Waals surface area contributed by atoms with Crippen LogP contribution in [0.25, 0.3) is 6.08 Å². The fourth-order valence-electron chi connectivity index (χ4n) is 3.11. The predicted molar refractivity (Wildman–Crippen MR) is 133 cm³/mol. The molecule has 35 heavy (non-hydrogen) atoms. The minimum absolute atomic E-state index is 0.0214. The number of rotatable bonds is 9. The zero-order valence-electron chi connectivity index (χ0n) is 19.6. The molecule has 0 unspecified atom stereocenters.